The zero-order chi connectivity index (χ0) is 14.9. The predicted octanol–water partition coefficient (Wildman–Crippen LogP) is -1.20. The molecule has 7 nitrogen and oxygen atoms in total. The number of ether oxygens (including phenoxy) is 1. The van der Waals surface area contributed by atoms with Crippen LogP contribution in [-0.2, 0) is 14.3 Å². The lowest BCUT2D eigenvalue weighted by atomic mass is 9.87. The molecule has 0 radical (unpaired) electrons. The van der Waals surface area contributed by atoms with Gasteiger partial charge in [-0.1, -0.05) is 13.8 Å². The Morgan fingerprint density at radius 3 is 2.47 bits per heavy atom. The van der Waals surface area contributed by atoms with Crippen molar-refractivity contribution in [3.05, 3.63) is 0 Å². The molecule has 0 spiro atoms. The van der Waals surface area contributed by atoms with E-state index in [1.807, 2.05) is 0 Å². The fraction of sp³-hybridized carbons (Fsp3) is 0.833. The maximum atomic E-state index is 11.5. The van der Waals surface area contributed by atoms with E-state index >= 15 is 0 Å². The summed E-state index contributed by atoms with van der Waals surface area (Å²) in [6.07, 6.45) is -0.979. The summed E-state index contributed by atoms with van der Waals surface area (Å²) in [5.74, 6) is -1.12. The predicted molar refractivity (Wildman–Crippen MR) is 67.2 cm³/mol. The molecular formula is C12H23NO6. The summed E-state index contributed by atoms with van der Waals surface area (Å²) in [7, 11) is 0. The summed E-state index contributed by atoms with van der Waals surface area (Å²) >= 11 is 0. The van der Waals surface area contributed by atoms with E-state index < -0.39 is 23.4 Å². The average molecular weight is 277 g/mol. The van der Waals surface area contributed by atoms with E-state index in [-0.39, 0.29) is 32.8 Å². The maximum absolute atomic E-state index is 11.5. The van der Waals surface area contributed by atoms with Crippen LogP contribution in [0, 0.1) is 5.41 Å². The molecule has 4 N–H and O–H groups in total. The molecule has 0 fully saturated rings. The van der Waals surface area contributed by atoms with E-state index in [0.29, 0.717) is 6.42 Å². The van der Waals surface area contributed by atoms with E-state index in [4.69, 9.17) is 14.9 Å². The molecule has 0 aliphatic carbocycles. The standard InChI is InChI=1S/C12H23NO6/c1-12(2,8-15)10(17)11(18)13-5-4-9(16)19-7-3-6-14/h10,14-15,17H,3-8H2,1-2H3,(H,13,18)/t10-/m0/s1. The van der Waals surface area contributed by atoms with Crippen LogP contribution in [0.4, 0.5) is 0 Å². The second-order valence-corrected chi connectivity index (χ2v) is 4.89. The second-order valence-electron chi connectivity index (χ2n) is 4.89. The minimum absolute atomic E-state index is 0.0105. The molecule has 0 rings (SSSR count). The summed E-state index contributed by atoms with van der Waals surface area (Å²) < 4.78 is 4.76. The van der Waals surface area contributed by atoms with Crippen LogP contribution in [-0.4, -0.2) is 59.7 Å². The first kappa shape index (κ1) is 17.8. The van der Waals surface area contributed by atoms with Gasteiger partial charge in [-0.25, -0.2) is 0 Å². The third-order valence-corrected chi connectivity index (χ3v) is 2.59. The minimum Gasteiger partial charge on any atom is -0.466 e. The van der Waals surface area contributed by atoms with E-state index in [2.05, 4.69) is 5.32 Å². The number of amides is 1. The van der Waals surface area contributed by atoms with E-state index in [1.165, 1.54) is 0 Å². The van der Waals surface area contributed by atoms with Gasteiger partial charge >= 0.3 is 5.97 Å². The van der Waals surface area contributed by atoms with Crippen molar-refractivity contribution in [3.8, 4) is 0 Å². The van der Waals surface area contributed by atoms with Gasteiger partial charge in [0.1, 0.15) is 6.10 Å². The van der Waals surface area contributed by atoms with Crippen LogP contribution in [0.2, 0.25) is 0 Å². The van der Waals surface area contributed by atoms with Gasteiger partial charge in [-0.3, -0.25) is 9.59 Å². The lowest BCUT2D eigenvalue weighted by Gasteiger charge is -2.27. The van der Waals surface area contributed by atoms with Crippen molar-refractivity contribution in [2.24, 2.45) is 5.41 Å². The Labute approximate surface area is 112 Å². The third kappa shape index (κ3) is 7.09. The van der Waals surface area contributed by atoms with Gasteiger partial charge in [0.15, 0.2) is 0 Å². The van der Waals surface area contributed by atoms with Gasteiger partial charge < -0.3 is 25.4 Å². The largest absolute Gasteiger partial charge is 0.466 e. The van der Waals surface area contributed by atoms with Gasteiger partial charge in [-0.05, 0) is 0 Å². The summed E-state index contributed by atoms with van der Waals surface area (Å²) in [5, 5.41) is 29.6. The zero-order valence-electron chi connectivity index (χ0n) is 11.4. The molecule has 7 heteroatoms. The number of carbonyl (C=O) groups is 2. The van der Waals surface area contributed by atoms with Gasteiger partial charge in [0.2, 0.25) is 5.91 Å². The van der Waals surface area contributed by atoms with Crippen LogP contribution in [0.5, 0.6) is 0 Å². The van der Waals surface area contributed by atoms with Crippen LogP contribution in [0.15, 0.2) is 0 Å². The first-order valence-corrected chi connectivity index (χ1v) is 6.18. The van der Waals surface area contributed by atoms with Crippen LogP contribution >= 0.6 is 0 Å². The lowest BCUT2D eigenvalue weighted by Crippen LogP contribution is -2.46. The molecule has 1 atom stereocenters. The highest BCUT2D eigenvalue weighted by molar-refractivity contribution is 5.81. The van der Waals surface area contributed by atoms with Gasteiger partial charge in [0.05, 0.1) is 19.6 Å². The second kappa shape index (κ2) is 8.84. The number of hydrogen-bond acceptors (Lipinski definition) is 6. The van der Waals surface area contributed by atoms with Crippen LogP contribution in [0.3, 0.4) is 0 Å². The number of aliphatic hydroxyl groups is 3. The van der Waals surface area contributed by atoms with Crippen molar-refractivity contribution >= 4 is 11.9 Å². The van der Waals surface area contributed by atoms with Crippen molar-refractivity contribution in [2.75, 3.05) is 26.4 Å². The SMILES string of the molecule is CC(C)(CO)[C@@H](O)C(=O)NCCC(=O)OCCCO. The Balaban J connectivity index is 3.88. The molecule has 19 heavy (non-hydrogen) atoms. The zero-order valence-corrected chi connectivity index (χ0v) is 11.4. The highest BCUT2D eigenvalue weighted by Gasteiger charge is 2.32. The molecule has 0 bridgehead atoms. The molecule has 0 aromatic rings. The summed E-state index contributed by atoms with van der Waals surface area (Å²) in [6.45, 7) is 2.93. The number of nitrogens with one attached hydrogen (secondary N) is 1. The van der Waals surface area contributed by atoms with Gasteiger partial charge in [-0.2, -0.15) is 0 Å². The Kier molecular flexibility index (Phi) is 8.29. The molecule has 0 saturated carbocycles. The molecule has 0 aliphatic rings. The number of carbonyl (C=O) groups excluding carboxylic acids is 2. The molecule has 1 amide bonds. The average Bonchev–Trinajstić information content (AvgIpc) is 2.38. The topological polar surface area (TPSA) is 116 Å². The molecule has 0 aromatic heterocycles. The van der Waals surface area contributed by atoms with E-state index in [9.17, 15) is 14.7 Å². The van der Waals surface area contributed by atoms with Crippen molar-refractivity contribution < 1.29 is 29.6 Å². The number of esters is 1. The Morgan fingerprint density at radius 1 is 1.32 bits per heavy atom. The monoisotopic (exact) mass is 277 g/mol. The molecule has 0 aliphatic heterocycles. The summed E-state index contributed by atoms with van der Waals surface area (Å²) in [6, 6.07) is 0. The first-order valence-electron chi connectivity index (χ1n) is 6.18. The minimum atomic E-state index is -1.34. The van der Waals surface area contributed by atoms with Crippen LogP contribution < -0.4 is 5.32 Å². The smallest absolute Gasteiger partial charge is 0.307 e. The molecular weight excluding hydrogens is 254 g/mol. The maximum Gasteiger partial charge on any atom is 0.307 e. The van der Waals surface area contributed by atoms with E-state index in [1.54, 1.807) is 13.8 Å². The van der Waals surface area contributed by atoms with Gasteiger partial charge in [-0.15, -0.1) is 0 Å². The third-order valence-electron chi connectivity index (χ3n) is 2.59. The Bertz CT molecular complexity index is 292. The highest BCUT2D eigenvalue weighted by Crippen LogP contribution is 2.19. The first-order chi connectivity index (χ1) is 8.85. The van der Waals surface area contributed by atoms with Crippen molar-refractivity contribution in [1.29, 1.82) is 0 Å². The molecule has 0 aromatic carbocycles. The molecule has 112 valence electrons. The van der Waals surface area contributed by atoms with Crippen molar-refractivity contribution in [2.45, 2.75) is 32.8 Å². The summed E-state index contributed by atoms with van der Waals surface area (Å²) in [4.78, 5) is 22.7. The fourth-order valence-electron chi connectivity index (χ4n) is 1.15. The number of hydrogen-bond donors (Lipinski definition) is 4. The Hall–Kier alpha value is -1.18. The Morgan fingerprint density at radius 2 is 1.95 bits per heavy atom. The molecule has 0 heterocycles. The number of rotatable bonds is 9. The van der Waals surface area contributed by atoms with Crippen LogP contribution in [0.25, 0.3) is 0 Å². The number of aliphatic hydroxyl groups excluding tert-OH is 3. The molecule has 0 saturated heterocycles. The summed E-state index contributed by atoms with van der Waals surface area (Å²) in [5.41, 5.74) is -0.939. The van der Waals surface area contributed by atoms with Gasteiger partial charge in [0.25, 0.3) is 0 Å². The molecule has 0 unspecified atom stereocenters. The van der Waals surface area contributed by atoms with Crippen LogP contribution in [0.1, 0.15) is 26.7 Å². The van der Waals surface area contributed by atoms with Crippen molar-refractivity contribution in [1.82, 2.24) is 5.32 Å². The highest BCUT2D eigenvalue weighted by atomic mass is 16.5. The van der Waals surface area contributed by atoms with Crippen molar-refractivity contribution in [3.63, 3.8) is 0 Å². The lowest BCUT2D eigenvalue weighted by molar-refractivity contribution is -0.144. The van der Waals surface area contributed by atoms with Gasteiger partial charge in [0, 0.05) is 25.0 Å². The fourth-order valence-corrected chi connectivity index (χ4v) is 1.15. The van der Waals surface area contributed by atoms with E-state index in [0.717, 1.165) is 0 Å². The quantitative estimate of drug-likeness (QED) is 0.311. The normalized spacial score (nSPS) is 12.9.